The van der Waals surface area contributed by atoms with Crippen molar-refractivity contribution in [2.75, 3.05) is 11.9 Å². The van der Waals surface area contributed by atoms with E-state index in [2.05, 4.69) is 15.7 Å². The van der Waals surface area contributed by atoms with Crippen LogP contribution in [0.5, 0.6) is 0 Å². The van der Waals surface area contributed by atoms with Crippen molar-refractivity contribution in [1.29, 1.82) is 0 Å². The molecule has 4 atom stereocenters. The van der Waals surface area contributed by atoms with Gasteiger partial charge in [0, 0.05) is 19.3 Å². The van der Waals surface area contributed by atoms with Gasteiger partial charge in [-0.2, -0.15) is 5.10 Å². The third-order valence-electron chi connectivity index (χ3n) is 5.09. The highest BCUT2D eigenvalue weighted by molar-refractivity contribution is 6.03. The lowest BCUT2D eigenvalue weighted by Crippen LogP contribution is -2.41. The minimum absolute atomic E-state index is 0.127. The summed E-state index contributed by atoms with van der Waals surface area (Å²) < 4.78 is 7.21. The Kier molecular flexibility index (Phi) is 5.50. The van der Waals surface area contributed by atoms with E-state index in [4.69, 9.17) is 4.74 Å². The second kappa shape index (κ2) is 7.67. The van der Waals surface area contributed by atoms with Crippen LogP contribution in [0.3, 0.4) is 0 Å². The van der Waals surface area contributed by atoms with Crippen molar-refractivity contribution in [1.82, 2.24) is 15.1 Å². The maximum atomic E-state index is 12.8. The molecule has 3 N–H and O–H groups in total. The average molecular weight is 378 g/mol. The molecule has 0 spiro atoms. The molecular weight excluding hydrogens is 352 g/mol. The number of fused-ring (bicyclic) bond motifs is 2. The molecule has 2 aliphatic heterocycles. The molecule has 0 radical (unpaired) electrons. The Labute approximate surface area is 157 Å². The lowest BCUT2D eigenvalue weighted by molar-refractivity contribution is -0.147. The van der Waals surface area contributed by atoms with Gasteiger partial charge in [-0.3, -0.25) is 19.1 Å². The number of hydrogen-bond acceptors (Lipinski definition) is 5. The van der Waals surface area contributed by atoms with E-state index in [-0.39, 0.29) is 23.2 Å². The molecule has 1 aromatic rings. The Morgan fingerprint density at radius 1 is 1.30 bits per heavy atom. The molecular formula is C18H26N4O5. The minimum atomic E-state index is -1.03. The second-order valence-electron chi connectivity index (χ2n) is 7.52. The highest BCUT2D eigenvalue weighted by Crippen LogP contribution is 2.44. The number of nitrogens with one attached hydrogen (secondary N) is 2. The number of carbonyl (C=O) groups excluding carboxylic acids is 2. The summed E-state index contributed by atoms with van der Waals surface area (Å²) in [5, 5.41) is 19.2. The Hall–Kier alpha value is -2.42. The number of aliphatic carboxylic acids is 1. The lowest BCUT2D eigenvalue weighted by atomic mass is 9.78. The summed E-state index contributed by atoms with van der Waals surface area (Å²) in [7, 11) is 0. The van der Waals surface area contributed by atoms with E-state index < -0.39 is 35.9 Å². The van der Waals surface area contributed by atoms with E-state index in [1.807, 2.05) is 20.8 Å². The molecule has 0 unspecified atom stereocenters. The van der Waals surface area contributed by atoms with E-state index in [9.17, 15) is 19.5 Å². The zero-order valence-electron chi connectivity index (χ0n) is 15.8. The standard InChI is InChI=1S/C18H26N4O5/c1-4-22-8-10(15(21-22)17(24)19-7-9(2)3)20-16(23)13-11-5-6-12(27-11)14(13)18(25)26/h8-9,11-14H,4-7H2,1-3H3,(H,19,24)(H,20,23)(H,25,26)/t11-,12-,13-,14-/m0/s1. The molecule has 2 bridgehead atoms. The second-order valence-corrected chi connectivity index (χ2v) is 7.52. The fourth-order valence-corrected chi connectivity index (χ4v) is 3.76. The SMILES string of the molecule is CCn1cc(NC(=O)[C@@H]2[C@@H](C(=O)O)[C@@H]3CC[C@@H]2O3)c(C(=O)NCC(C)C)n1. The number of rotatable bonds is 7. The van der Waals surface area contributed by atoms with Gasteiger partial charge in [0.05, 0.1) is 29.7 Å². The summed E-state index contributed by atoms with van der Waals surface area (Å²) in [6.45, 7) is 6.87. The number of carboxylic acid groups (broad SMARTS) is 1. The first kappa shape index (κ1) is 19.3. The summed E-state index contributed by atoms with van der Waals surface area (Å²) in [5.41, 5.74) is 0.414. The molecule has 0 saturated carbocycles. The van der Waals surface area contributed by atoms with Crippen molar-refractivity contribution in [3.05, 3.63) is 11.9 Å². The van der Waals surface area contributed by atoms with Crippen molar-refractivity contribution < 1.29 is 24.2 Å². The predicted molar refractivity (Wildman–Crippen MR) is 96.2 cm³/mol. The molecule has 9 nitrogen and oxygen atoms in total. The zero-order chi connectivity index (χ0) is 19.7. The van der Waals surface area contributed by atoms with Crippen molar-refractivity contribution in [3.8, 4) is 0 Å². The number of carbonyl (C=O) groups is 3. The van der Waals surface area contributed by atoms with Gasteiger partial charge in [-0.1, -0.05) is 13.8 Å². The Balaban J connectivity index is 1.78. The number of hydrogen-bond donors (Lipinski definition) is 3. The molecule has 9 heteroatoms. The summed E-state index contributed by atoms with van der Waals surface area (Å²) >= 11 is 0. The third-order valence-corrected chi connectivity index (χ3v) is 5.09. The molecule has 148 valence electrons. The normalized spacial score (nSPS) is 26.4. The van der Waals surface area contributed by atoms with Crippen LogP contribution in [0.1, 0.15) is 44.1 Å². The number of anilines is 1. The minimum Gasteiger partial charge on any atom is -0.481 e. The number of aryl methyl sites for hydroxylation is 1. The van der Waals surface area contributed by atoms with Gasteiger partial charge in [-0.25, -0.2) is 0 Å². The fourth-order valence-electron chi connectivity index (χ4n) is 3.76. The van der Waals surface area contributed by atoms with E-state index in [0.29, 0.717) is 25.9 Å². The number of ether oxygens (including phenoxy) is 1. The van der Waals surface area contributed by atoms with Gasteiger partial charge >= 0.3 is 5.97 Å². The van der Waals surface area contributed by atoms with Crippen LogP contribution in [0.2, 0.25) is 0 Å². The average Bonchev–Trinajstić information content (AvgIpc) is 3.32. The van der Waals surface area contributed by atoms with Crippen molar-refractivity contribution in [3.63, 3.8) is 0 Å². The summed E-state index contributed by atoms with van der Waals surface area (Å²) in [4.78, 5) is 36.9. The molecule has 1 aromatic heterocycles. The molecule has 0 aliphatic carbocycles. The number of nitrogens with zero attached hydrogens (tertiary/aromatic N) is 2. The van der Waals surface area contributed by atoms with Crippen LogP contribution >= 0.6 is 0 Å². The Bertz CT molecular complexity index is 744. The molecule has 2 amide bonds. The summed E-state index contributed by atoms with van der Waals surface area (Å²) in [6, 6.07) is 0. The van der Waals surface area contributed by atoms with Gasteiger partial charge in [-0.05, 0) is 25.7 Å². The van der Waals surface area contributed by atoms with E-state index in [1.165, 1.54) is 0 Å². The molecule has 2 fully saturated rings. The first-order valence-electron chi connectivity index (χ1n) is 9.36. The fraction of sp³-hybridized carbons (Fsp3) is 0.667. The smallest absolute Gasteiger partial charge is 0.310 e. The van der Waals surface area contributed by atoms with Gasteiger partial charge < -0.3 is 20.5 Å². The predicted octanol–water partition coefficient (Wildman–Crippen LogP) is 1.11. The van der Waals surface area contributed by atoms with Gasteiger partial charge in [-0.15, -0.1) is 0 Å². The Morgan fingerprint density at radius 3 is 2.56 bits per heavy atom. The van der Waals surface area contributed by atoms with Crippen LogP contribution in [0.15, 0.2) is 6.20 Å². The first-order chi connectivity index (χ1) is 12.8. The van der Waals surface area contributed by atoms with Crippen LogP contribution in [0.4, 0.5) is 5.69 Å². The van der Waals surface area contributed by atoms with Gasteiger partial charge in [0.25, 0.3) is 5.91 Å². The largest absolute Gasteiger partial charge is 0.481 e. The van der Waals surface area contributed by atoms with Crippen LogP contribution < -0.4 is 10.6 Å². The third kappa shape index (κ3) is 3.83. The zero-order valence-corrected chi connectivity index (χ0v) is 15.8. The summed E-state index contributed by atoms with van der Waals surface area (Å²) in [5.74, 6) is -3.18. The van der Waals surface area contributed by atoms with E-state index >= 15 is 0 Å². The highest BCUT2D eigenvalue weighted by atomic mass is 16.5. The van der Waals surface area contributed by atoms with Crippen molar-refractivity contribution in [2.45, 2.75) is 52.4 Å². The number of carboxylic acids is 1. The van der Waals surface area contributed by atoms with Crippen LogP contribution in [0.25, 0.3) is 0 Å². The molecule has 3 heterocycles. The first-order valence-corrected chi connectivity index (χ1v) is 9.36. The highest BCUT2D eigenvalue weighted by Gasteiger charge is 2.55. The van der Waals surface area contributed by atoms with Crippen LogP contribution in [0, 0.1) is 17.8 Å². The maximum Gasteiger partial charge on any atom is 0.310 e. The molecule has 2 aliphatic rings. The topological polar surface area (TPSA) is 123 Å². The quantitative estimate of drug-likeness (QED) is 0.653. The number of aromatic nitrogens is 2. The Morgan fingerprint density at radius 2 is 1.96 bits per heavy atom. The van der Waals surface area contributed by atoms with E-state index in [0.717, 1.165) is 0 Å². The maximum absolute atomic E-state index is 12.8. The van der Waals surface area contributed by atoms with Crippen LogP contribution in [-0.2, 0) is 20.9 Å². The summed E-state index contributed by atoms with van der Waals surface area (Å²) in [6.07, 6.45) is 2.10. The van der Waals surface area contributed by atoms with Crippen molar-refractivity contribution in [2.24, 2.45) is 17.8 Å². The van der Waals surface area contributed by atoms with Crippen molar-refractivity contribution >= 4 is 23.5 Å². The molecule has 2 saturated heterocycles. The van der Waals surface area contributed by atoms with Crippen LogP contribution in [-0.4, -0.2) is 51.4 Å². The van der Waals surface area contributed by atoms with Gasteiger partial charge in [0.2, 0.25) is 5.91 Å². The lowest BCUT2D eigenvalue weighted by Gasteiger charge is -2.23. The van der Waals surface area contributed by atoms with Gasteiger partial charge in [0.15, 0.2) is 5.69 Å². The molecule has 3 rings (SSSR count). The van der Waals surface area contributed by atoms with Gasteiger partial charge in [0.1, 0.15) is 0 Å². The number of amides is 2. The molecule has 27 heavy (non-hydrogen) atoms. The van der Waals surface area contributed by atoms with E-state index in [1.54, 1.807) is 10.9 Å². The molecule has 0 aromatic carbocycles. The monoisotopic (exact) mass is 378 g/mol.